The minimum Gasteiger partial charge on any atom is -0.321 e. The van der Waals surface area contributed by atoms with Gasteiger partial charge in [0.2, 0.25) is 0 Å². The third kappa shape index (κ3) is 3.16. The molecule has 1 unspecified atom stereocenters. The first-order valence-electron chi connectivity index (χ1n) is 8.44. The molecule has 0 saturated heterocycles. The van der Waals surface area contributed by atoms with E-state index in [9.17, 15) is 13.6 Å². The summed E-state index contributed by atoms with van der Waals surface area (Å²) in [7, 11) is 0. The minimum absolute atomic E-state index is 0.00359. The molecule has 1 heterocycles. The van der Waals surface area contributed by atoms with Crippen LogP contribution < -0.4 is 5.32 Å². The van der Waals surface area contributed by atoms with Crippen molar-refractivity contribution < 1.29 is 13.6 Å². The first kappa shape index (κ1) is 19.3. The van der Waals surface area contributed by atoms with Crippen molar-refractivity contribution >= 4 is 34.7 Å². The Hall–Kier alpha value is -1.47. The number of aryl methyl sites for hydroxylation is 1. The standard InChI is InChI=1S/C19H22F2N2OS2/c1-9-8-11-12(6-7-13(25-5)14(11)19(9,3)4)23-18(24)16-15(17(20)21)22-10(2)26-16/h6-7,9,17H,8H2,1-5H3,(H,23,24). The Kier molecular flexibility index (Phi) is 5.14. The zero-order valence-electron chi connectivity index (χ0n) is 15.4. The van der Waals surface area contributed by atoms with E-state index in [-0.39, 0.29) is 10.3 Å². The Bertz CT molecular complexity index is 861. The van der Waals surface area contributed by atoms with Gasteiger partial charge >= 0.3 is 0 Å². The van der Waals surface area contributed by atoms with Crippen LogP contribution >= 0.6 is 23.1 Å². The van der Waals surface area contributed by atoms with Gasteiger partial charge in [0.25, 0.3) is 12.3 Å². The second-order valence-electron chi connectivity index (χ2n) is 7.20. The molecule has 0 fully saturated rings. The van der Waals surface area contributed by atoms with E-state index in [2.05, 4.69) is 31.1 Å². The van der Waals surface area contributed by atoms with Crippen LogP contribution in [0.15, 0.2) is 17.0 Å². The van der Waals surface area contributed by atoms with Gasteiger partial charge in [0.05, 0.1) is 5.01 Å². The van der Waals surface area contributed by atoms with Crippen LogP contribution in [0.2, 0.25) is 0 Å². The molecule has 0 spiro atoms. The van der Waals surface area contributed by atoms with Crippen LogP contribution in [0.1, 0.15) is 58.7 Å². The minimum atomic E-state index is -2.76. The van der Waals surface area contributed by atoms with Crippen LogP contribution in [0.4, 0.5) is 14.5 Å². The zero-order chi connectivity index (χ0) is 19.2. The molecule has 2 aromatic rings. The van der Waals surface area contributed by atoms with E-state index in [1.54, 1.807) is 18.7 Å². The smallest absolute Gasteiger partial charge is 0.282 e. The van der Waals surface area contributed by atoms with Gasteiger partial charge in [0, 0.05) is 10.6 Å². The van der Waals surface area contributed by atoms with E-state index in [1.807, 2.05) is 18.4 Å². The Morgan fingerprint density at radius 3 is 2.73 bits per heavy atom. The van der Waals surface area contributed by atoms with Crippen molar-refractivity contribution in [3.05, 3.63) is 38.8 Å². The van der Waals surface area contributed by atoms with Crippen LogP contribution in [0, 0.1) is 12.8 Å². The molecule has 0 saturated carbocycles. The van der Waals surface area contributed by atoms with E-state index >= 15 is 0 Å². The molecular formula is C19H22F2N2OS2. The Morgan fingerprint density at radius 2 is 2.12 bits per heavy atom. The summed E-state index contributed by atoms with van der Waals surface area (Å²) < 4.78 is 26.3. The van der Waals surface area contributed by atoms with Crippen molar-refractivity contribution in [2.24, 2.45) is 5.92 Å². The van der Waals surface area contributed by atoms with E-state index in [0.29, 0.717) is 16.6 Å². The fraction of sp³-hybridized carbons (Fsp3) is 0.474. The third-order valence-electron chi connectivity index (χ3n) is 5.30. The zero-order valence-corrected chi connectivity index (χ0v) is 17.1. The fourth-order valence-electron chi connectivity index (χ4n) is 3.57. The molecule has 1 aromatic heterocycles. The van der Waals surface area contributed by atoms with Gasteiger partial charge in [-0.15, -0.1) is 23.1 Å². The maximum absolute atomic E-state index is 13.2. The molecule has 1 aromatic carbocycles. The third-order valence-corrected chi connectivity index (χ3v) is 7.07. The molecule has 1 atom stereocenters. The number of aromatic nitrogens is 1. The first-order valence-corrected chi connectivity index (χ1v) is 10.5. The fourth-order valence-corrected chi connectivity index (χ4v) is 5.19. The number of rotatable bonds is 4. The van der Waals surface area contributed by atoms with Gasteiger partial charge in [-0.1, -0.05) is 20.8 Å². The number of thioether (sulfide) groups is 1. The number of thiazole rings is 1. The number of nitrogens with one attached hydrogen (secondary N) is 1. The number of carbonyl (C=O) groups is 1. The number of hydrogen-bond donors (Lipinski definition) is 1. The number of anilines is 1. The molecule has 1 N–H and O–H groups in total. The van der Waals surface area contributed by atoms with Gasteiger partial charge < -0.3 is 5.32 Å². The molecule has 7 heteroatoms. The summed E-state index contributed by atoms with van der Waals surface area (Å²) in [6.45, 7) is 8.27. The molecule has 1 aliphatic carbocycles. The predicted octanol–water partition coefficient (Wildman–Crippen LogP) is 5.83. The average Bonchev–Trinajstić information content (AvgIpc) is 3.07. The van der Waals surface area contributed by atoms with Crippen molar-refractivity contribution in [1.29, 1.82) is 0 Å². The quantitative estimate of drug-likeness (QED) is 0.661. The van der Waals surface area contributed by atoms with Crippen molar-refractivity contribution in [2.45, 2.75) is 50.9 Å². The Labute approximate surface area is 160 Å². The van der Waals surface area contributed by atoms with Crippen LogP contribution in [0.3, 0.4) is 0 Å². The summed E-state index contributed by atoms with van der Waals surface area (Å²) in [6, 6.07) is 3.89. The van der Waals surface area contributed by atoms with E-state index in [0.717, 1.165) is 23.3 Å². The van der Waals surface area contributed by atoms with Crippen molar-refractivity contribution in [3.8, 4) is 0 Å². The van der Waals surface area contributed by atoms with Gasteiger partial charge in [0.1, 0.15) is 10.6 Å². The van der Waals surface area contributed by atoms with Crippen molar-refractivity contribution in [3.63, 3.8) is 0 Å². The molecule has 1 aliphatic rings. The van der Waals surface area contributed by atoms with Crippen LogP contribution in [-0.4, -0.2) is 17.1 Å². The number of fused-ring (bicyclic) bond motifs is 1. The highest BCUT2D eigenvalue weighted by Crippen LogP contribution is 2.49. The molecule has 3 rings (SSSR count). The molecule has 3 nitrogen and oxygen atoms in total. The van der Waals surface area contributed by atoms with Gasteiger partial charge in [-0.2, -0.15) is 0 Å². The highest BCUT2D eigenvalue weighted by atomic mass is 32.2. The summed E-state index contributed by atoms with van der Waals surface area (Å²) in [6.07, 6.45) is 0.141. The molecular weight excluding hydrogens is 374 g/mol. The molecule has 0 radical (unpaired) electrons. The Balaban J connectivity index is 2.00. The molecule has 1 amide bonds. The lowest BCUT2D eigenvalue weighted by Gasteiger charge is -2.27. The van der Waals surface area contributed by atoms with Gasteiger partial charge in [-0.3, -0.25) is 4.79 Å². The lowest BCUT2D eigenvalue weighted by molar-refractivity contribution is 0.101. The Morgan fingerprint density at radius 1 is 1.42 bits per heavy atom. The number of hydrogen-bond acceptors (Lipinski definition) is 4. The second kappa shape index (κ2) is 6.93. The molecule has 140 valence electrons. The maximum Gasteiger partial charge on any atom is 0.282 e. The summed E-state index contributed by atoms with van der Waals surface area (Å²) in [4.78, 5) is 17.7. The number of amides is 1. The van der Waals surface area contributed by atoms with E-state index in [1.165, 1.54) is 10.5 Å². The van der Waals surface area contributed by atoms with Gasteiger partial charge in [-0.05, 0) is 54.2 Å². The van der Waals surface area contributed by atoms with Crippen LogP contribution in [0.25, 0.3) is 0 Å². The maximum atomic E-state index is 13.2. The first-order chi connectivity index (χ1) is 12.2. The van der Waals surface area contributed by atoms with E-state index in [4.69, 9.17) is 0 Å². The van der Waals surface area contributed by atoms with Gasteiger partial charge in [0.15, 0.2) is 0 Å². The number of benzene rings is 1. The topological polar surface area (TPSA) is 42.0 Å². The summed E-state index contributed by atoms with van der Waals surface area (Å²) >= 11 is 2.70. The summed E-state index contributed by atoms with van der Waals surface area (Å²) in [5.41, 5.74) is 2.65. The van der Waals surface area contributed by atoms with E-state index < -0.39 is 18.0 Å². The molecule has 26 heavy (non-hydrogen) atoms. The van der Waals surface area contributed by atoms with Crippen molar-refractivity contribution in [1.82, 2.24) is 4.98 Å². The second-order valence-corrected chi connectivity index (χ2v) is 9.25. The predicted molar refractivity (Wildman–Crippen MR) is 104 cm³/mol. The number of alkyl halides is 2. The van der Waals surface area contributed by atoms with Gasteiger partial charge in [-0.25, -0.2) is 13.8 Å². The van der Waals surface area contributed by atoms with Crippen LogP contribution in [-0.2, 0) is 11.8 Å². The summed E-state index contributed by atoms with van der Waals surface area (Å²) in [5, 5.41) is 3.33. The number of carbonyl (C=O) groups excluding carboxylic acids is 1. The monoisotopic (exact) mass is 396 g/mol. The number of halogens is 2. The summed E-state index contributed by atoms with van der Waals surface area (Å²) in [5.74, 6) is -0.0777. The molecule has 0 aliphatic heterocycles. The lowest BCUT2D eigenvalue weighted by Crippen LogP contribution is -2.22. The lowest BCUT2D eigenvalue weighted by atomic mass is 9.79. The highest BCUT2D eigenvalue weighted by molar-refractivity contribution is 7.98. The highest BCUT2D eigenvalue weighted by Gasteiger charge is 2.40. The number of nitrogens with zero attached hydrogens (tertiary/aromatic N) is 1. The van der Waals surface area contributed by atoms with Crippen LogP contribution in [0.5, 0.6) is 0 Å². The molecule has 0 bridgehead atoms. The SMILES string of the molecule is CSc1ccc(NC(=O)c2sc(C)nc2C(F)F)c2c1C(C)(C)C(C)C2. The van der Waals surface area contributed by atoms with Crippen molar-refractivity contribution in [2.75, 3.05) is 11.6 Å². The normalized spacial score (nSPS) is 18.2. The average molecular weight is 397 g/mol. The largest absolute Gasteiger partial charge is 0.321 e.